The zero-order valence-corrected chi connectivity index (χ0v) is 11.8. The third kappa shape index (κ3) is 1.91. The fourth-order valence-electron chi connectivity index (χ4n) is 2.58. The van der Waals surface area contributed by atoms with Gasteiger partial charge in [-0.3, -0.25) is 0 Å². The minimum atomic E-state index is -2.65. The normalized spacial score (nSPS) is 34.1. The maximum absolute atomic E-state index is 14.6. The summed E-state index contributed by atoms with van der Waals surface area (Å²) in [6.45, 7) is 2.60. The van der Waals surface area contributed by atoms with Gasteiger partial charge in [0.2, 0.25) is 11.7 Å². The Hall–Kier alpha value is -2.34. The van der Waals surface area contributed by atoms with Crippen molar-refractivity contribution in [3.63, 3.8) is 0 Å². The molecule has 0 amide bonds. The lowest BCUT2D eigenvalue weighted by Crippen LogP contribution is -2.43. The van der Waals surface area contributed by atoms with E-state index in [1.54, 1.807) is 0 Å². The number of halogens is 1. The van der Waals surface area contributed by atoms with E-state index in [0.717, 1.165) is 16.8 Å². The van der Waals surface area contributed by atoms with E-state index in [1.807, 2.05) is 0 Å². The van der Waals surface area contributed by atoms with Gasteiger partial charge in [0.05, 0.1) is 12.8 Å². The van der Waals surface area contributed by atoms with Crippen LogP contribution in [0.25, 0.3) is 5.65 Å². The van der Waals surface area contributed by atoms with E-state index >= 15 is 0 Å². The maximum atomic E-state index is 14.6. The highest BCUT2D eigenvalue weighted by atomic mass is 19.1. The summed E-state index contributed by atoms with van der Waals surface area (Å²) < 4.78 is 20.8. The number of nitrogens with zero attached hydrogens (tertiary/aromatic N) is 4. The standard InChI is InChI=1S/C12H15FN6O4/c1-2-11(4-20)7(21)6(13)12(22,23-11)5-3-16-9-8(14)17-10(15)18-19(5)9/h2-3,6-7,20-22H,1,4H2,(H4,14,15,17,18)/t6-,7+,11-,12+/m1/s1. The van der Waals surface area contributed by atoms with Crippen molar-refractivity contribution >= 4 is 17.4 Å². The molecule has 1 aliphatic rings. The van der Waals surface area contributed by atoms with Crippen molar-refractivity contribution in [2.75, 3.05) is 18.1 Å². The monoisotopic (exact) mass is 326 g/mol. The molecule has 0 unspecified atom stereocenters. The predicted molar refractivity (Wildman–Crippen MR) is 75.5 cm³/mol. The van der Waals surface area contributed by atoms with Gasteiger partial charge in [-0.1, -0.05) is 6.08 Å². The lowest BCUT2D eigenvalue weighted by atomic mass is 9.95. The summed E-state index contributed by atoms with van der Waals surface area (Å²) >= 11 is 0. The van der Waals surface area contributed by atoms with E-state index in [-0.39, 0.29) is 23.1 Å². The molecule has 3 rings (SSSR count). The number of imidazole rings is 1. The van der Waals surface area contributed by atoms with Crippen molar-refractivity contribution in [1.29, 1.82) is 0 Å². The fraction of sp³-hybridized carbons (Fsp3) is 0.417. The molecule has 4 atom stereocenters. The van der Waals surface area contributed by atoms with Gasteiger partial charge in [0.15, 0.2) is 17.6 Å². The maximum Gasteiger partial charge on any atom is 0.247 e. The van der Waals surface area contributed by atoms with E-state index in [4.69, 9.17) is 16.2 Å². The summed E-state index contributed by atoms with van der Waals surface area (Å²) in [5.41, 5.74) is 9.00. The van der Waals surface area contributed by atoms with Crippen LogP contribution in [0.5, 0.6) is 0 Å². The summed E-state index contributed by atoms with van der Waals surface area (Å²) in [5.74, 6) is -2.97. The van der Waals surface area contributed by atoms with Crippen LogP contribution >= 0.6 is 0 Å². The zero-order valence-electron chi connectivity index (χ0n) is 11.8. The second-order valence-corrected chi connectivity index (χ2v) is 5.20. The molecular weight excluding hydrogens is 311 g/mol. The first-order valence-corrected chi connectivity index (χ1v) is 6.55. The number of aliphatic hydroxyl groups is 3. The number of alkyl halides is 1. The van der Waals surface area contributed by atoms with Gasteiger partial charge in [0, 0.05) is 0 Å². The number of hydrogen-bond acceptors (Lipinski definition) is 9. The molecule has 2 aromatic heterocycles. The highest BCUT2D eigenvalue weighted by Crippen LogP contribution is 2.45. The van der Waals surface area contributed by atoms with Crippen LogP contribution in [0.2, 0.25) is 0 Å². The van der Waals surface area contributed by atoms with E-state index in [0.29, 0.717) is 0 Å². The van der Waals surface area contributed by atoms with Crippen LogP contribution in [0, 0.1) is 0 Å². The van der Waals surface area contributed by atoms with Crippen LogP contribution in [0.4, 0.5) is 16.2 Å². The third-order valence-corrected chi connectivity index (χ3v) is 3.86. The van der Waals surface area contributed by atoms with Crippen molar-refractivity contribution in [3.05, 3.63) is 24.5 Å². The lowest BCUT2D eigenvalue weighted by Gasteiger charge is -2.27. The second kappa shape index (κ2) is 4.83. The Balaban J connectivity index is 2.20. The predicted octanol–water partition coefficient (Wildman–Crippen LogP) is -1.92. The first-order chi connectivity index (χ1) is 10.8. The van der Waals surface area contributed by atoms with Crippen molar-refractivity contribution < 1.29 is 24.4 Å². The van der Waals surface area contributed by atoms with Crippen LogP contribution in [-0.4, -0.2) is 59.4 Å². The summed E-state index contributed by atoms with van der Waals surface area (Å²) in [4.78, 5) is 7.59. The van der Waals surface area contributed by atoms with Crippen molar-refractivity contribution in [2.45, 2.75) is 23.7 Å². The molecule has 1 fully saturated rings. The van der Waals surface area contributed by atoms with E-state index in [1.165, 1.54) is 0 Å². The molecule has 0 bridgehead atoms. The number of anilines is 2. The molecule has 124 valence electrons. The fourth-order valence-corrected chi connectivity index (χ4v) is 2.58. The Morgan fingerprint density at radius 1 is 1.52 bits per heavy atom. The number of fused-ring (bicyclic) bond motifs is 1. The molecule has 3 heterocycles. The Morgan fingerprint density at radius 3 is 2.78 bits per heavy atom. The molecule has 0 saturated carbocycles. The molecule has 1 aliphatic heterocycles. The third-order valence-electron chi connectivity index (χ3n) is 3.86. The summed E-state index contributed by atoms with van der Waals surface area (Å²) in [5, 5.41) is 33.9. The van der Waals surface area contributed by atoms with Gasteiger partial charge < -0.3 is 31.5 Å². The van der Waals surface area contributed by atoms with Crippen molar-refractivity contribution in [2.24, 2.45) is 0 Å². The number of aromatic nitrogens is 4. The first-order valence-electron chi connectivity index (χ1n) is 6.55. The van der Waals surface area contributed by atoms with Gasteiger partial charge >= 0.3 is 0 Å². The molecule has 10 nitrogen and oxygen atoms in total. The van der Waals surface area contributed by atoms with E-state index < -0.39 is 30.3 Å². The van der Waals surface area contributed by atoms with Crippen LogP contribution in [0.3, 0.4) is 0 Å². The second-order valence-electron chi connectivity index (χ2n) is 5.20. The number of hydrogen-bond donors (Lipinski definition) is 5. The Kier molecular flexibility index (Phi) is 3.26. The molecule has 0 aromatic carbocycles. The largest absolute Gasteiger partial charge is 0.393 e. The highest BCUT2D eigenvalue weighted by Gasteiger charge is 2.63. The number of rotatable bonds is 3. The average Bonchev–Trinajstić information content (AvgIpc) is 3.02. The zero-order chi connectivity index (χ0) is 17.0. The molecule has 0 radical (unpaired) electrons. The van der Waals surface area contributed by atoms with Crippen LogP contribution in [0.1, 0.15) is 5.69 Å². The number of aliphatic hydroxyl groups excluding tert-OH is 2. The Bertz CT molecular complexity index is 784. The molecule has 11 heteroatoms. The van der Waals surface area contributed by atoms with Gasteiger partial charge in [-0.25, -0.2) is 13.9 Å². The average molecular weight is 326 g/mol. The van der Waals surface area contributed by atoms with Gasteiger partial charge in [-0.2, -0.15) is 4.98 Å². The van der Waals surface area contributed by atoms with Gasteiger partial charge in [0.25, 0.3) is 0 Å². The SMILES string of the molecule is C=C[C@]1(CO)O[C@@](O)(c2cnc3c(N)nc(N)nn23)[C@H](F)[C@@H]1O. The van der Waals surface area contributed by atoms with E-state index in [2.05, 4.69) is 21.6 Å². The Labute approximate surface area is 128 Å². The molecule has 23 heavy (non-hydrogen) atoms. The van der Waals surface area contributed by atoms with Crippen LogP contribution in [0.15, 0.2) is 18.9 Å². The van der Waals surface area contributed by atoms with E-state index in [9.17, 15) is 19.7 Å². The molecule has 0 spiro atoms. The molecule has 7 N–H and O–H groups in total. The Morgan fingerprint density at radius 2 is 2.22 bits per heavy atom. The van der Waals surface area contributed by atoms with Crippen LogP contribution < -0.4 is 11.5 Å². The molecular formula is C12H15FN6O4. The van der Waals surface area contributed by atoms with Gasteiger partial charge in [-0.05, 0) is 0 Å². The smallest absolute Gasteiger partial charge is 0.247 e. The topological polar surface area (TPSA) is 165 Å². The lowest BCUT2D eigenvalue weighted by molar-refractivity contribution is -0.247. The summed E-state index contributed by atoms with van der Waals surface area (Å²) in [6, 6.07) is 0. The molecule has 2 aromatic rings. The number of nitrogen functional groups attached to an aromatic ring is 2. The minimum Gasteiger partial charge on any atom is -0.393 e. The summed E-state index contributed by atoms with van der Waals surface area (Å²) in [6.07, 6.45) is -2.10. The van der Waals surface area contributed by atoms with Crippen molar-refractivity contribution in [3.8, 4) is 0 Å². The molecule has 0 aliphatic carbocycles. The summed E-state index contributed by atoms with van der Waals surface area (Å²) in [7, 11) is 0. The molecule has 1 saturated heterocycles. The van der Waals surface area contributed by atoms with Gasteiger partial charge in [-0.15, -0.1) is 11.7 Å². The first kappa shape index (κ1) is 15.6. The highest BCUT2D eigenvalue weighted by molar-refractivity contribution is 5.61. The van der Waals surface area contributed by atoms with Gasteiger partial charge in [0.1, 0.15) is 17.4 Å². The van der Waals surface area contributed by atoms with Crippen molar-refractivity contribution in [1.82, 2.24) is 19.6 Å². The number of nitrogens with two attached hydrogens (primary N) is 2. The quantitative estimate of drug-likeness (QED) is 0.404. The van der Waals surface area contributed by atoms with Crippen LogP contribution in [-0.2, 0) is 10.5 Å². The minimum absolute atomic E-state index is 0.0213. The number of ether oxygens (including phenoxy) is 1.